The third-order valence-electron chi connectivity index (χ3n) is 3.95. The highest BCUT2D eigenvalue weighted by molar-refractivity contribution is 5.29. The van der Waals surface area contributed by atoms with Crippen LogP contribution in [0.3, 0.4) is 0 Å². The van der Waals surface area contributed by atoms with Crippen LogP contribution in [0.4, 0.5) is 0 Å². The number of likely N-dealkylation sites (tertiary alicyclic amines) is 1. The van der Waals surface area contributed by atoms with Crippen molar-refractivity contribution in [3.8, 4) is 0 Å². The summed E-state index contributed by atoms with van der Waals surface area (Å²) < 4.78 is 0. The summed E-state index contributed by atoms with van der Waals surface area (Å²) in [5, 5.41) is 0. The Balaban J connectivity index is 1.65. The highest BCUT2D eigenvalue weighted by Crippen LogP contribution is 2.40. The average Bonchev–Trinajstić information content (AvgIpc) is 3.13. The fourth-order valence-electron chi connectivity index (χ4n) is 2.86. The average molecular weight is 230 g/mol. The Hall–Kier alpha value is -0.860. The van der Waals surface area contributed by atoms with E-state index < -0.39 is 0 Å². The first-order valence-corrected chi connectivity index (χ1v) is 6.88. The quantitative estimate of drug-likeness (QED) is 0.864. The van der Waals surface area contributed by atoms with Crippen LogP contribution in [-0.4, -0.2) is 24.0 Å². The van der Waals surface area contributed by atoms with Gasteiger partial charge in [0.05, 0.1) is 0 Å². The van der Waals surface area contributed by atoms with Gasteiger partial charge in [-0.15, -0.1) is 0 Å². The van der Waals surface area contributed by atoms with Gasteiger partial charge in [0.1, 0.15) is 0 Å². The molecule has 2 fully saturated rings. The van der Waals surface area contributed by atoms with Crippen LogP contribution < -0.4 is 5.73 Å². The van der Waals surface area contributed by atoms with Crippen molar-refractivity contribution in [1.82, 2.24) is 4.90 Å². The van der Waals surface area contributed by atoms with Gasteiger partial charge in [-0.3, -0.25) is 4.90 Å². The summed E-state index contributed by atoms with van der Waals surface area (Å²) in [7, 11) is 0. The van der Waals surface area contributed by atoms with Crippen LogP contribution in [0.25, 0.3) is 0 Å². The zero-order valence-electron chi connectivity index (χ0n) is 10.4. The van der Waals surface area contributed by atoms with Crippen molar-refractivity contribution in [3.63, 3.8) is 0 Å². The van der Waals surface area contributed by atoms with E-state index in [1.807, 2.05) is 0 Å². The first-order chi connectivity index (χ1) is 8.31. The van der Waals surface area contributed by atoms with Crippen LogP contribution in [0.5, 0.6) is 0 Å². The number of rotatable bonds is 3. The standard InChI is InChI=1S/C15H22N2/c16-15-5-2-8-17(11-15)10-12-3-1-4-14(9-12)13-6-7-13/h1,3-4,9,13,15H,2,5-8,10-11,16H2. The molecular weight excluding hydrogens is 208 g/mol. The summed E-state index contributed by atoms with van der Waals surface area (Å²) in [6.45, 7) is 3.35. The fourth-order valence-corrected chi connectivity index (χ4v) is 2.86. The van der Waals surface area contributed by atoms with Gasteiger partial charge in [-0.25, -0.2) is 0 Å². The molecule has 17 heavy (non-hydrogen) atoms. The molecule has 2 nitrogen and oxygen atoms in total. The van der Waals surface area contributed by atoms with Crippen molar-refractivity contribution in [2.75, 3.05) is 13.1 Å². The lowest BCUT2D eigenvalue weighted by Gasteiger charge is -2.30. The number of hydrogen-bond donors (Lipinski definition) is 1. The van der Waals surface area contributed by atoms with Gasteiger partial charge in [-0.05, 0) is 49.3 Å². The van der Waals surface area contributed by atoms with Gasteiger partial charge in [0.25, 0.3) is 0 Å². The minimum atomic E-state index is 0.385. The molecule has 1 aromatic carbocycles. The van der Waals surface area contributed by atoms with Gasteiger partial charge in [-0.1, -0.05) is 24.3 Å². The van der Waals surface area contributed by atoms with Gasteiger partial charge in [0.15, 0.2) is 0 Å². The predicted molar refractivity (Wildman–Crippen MR) is 70.9 cm³/mol. The summed E-state index contributed by atoms with van der Waals surface area (Å²) in [4.78, 5) is 2.50. The van der Waals surface area contributed by atoms with Gasteiger partial charge in [-0.2, -0.15) is 0 Å². The van der Waals surface area contributed by atoms with E-state index >= 15 is 0 Å². The number of hydrogen-bond acceptors (Lipinski definition) is 2. The van der Waals surface area contributed by atoms with Crippen LogP contribution in [0.1, 0.15) is 42.7 Å². The van der Waals surface area contributed by atoms with Gasteiger partial charge < -0.3 is 5.73 Å². The number of nitrogens with two attached hydrogens (primary N) is 1. The predicted octanol–water partition coefficient (Wildman–Crippen LogP) is 2.49. The van der Waals surface area contributed by atoms with Gasteiger partial charge in [0.2, 0.25) is 0 Å². The summed E-state index contributed by atoms with van der Waals surface area (Å²) in [5.41, 5.74) is 9.03. The van der Waals surface area contributed by atoms with Gasteiger partial charge in [0, 0.05) is 19.1 Å². The molecule has 1 aliphatic carbocycles. The van der Waals surface area contributed by atoms with E-state index in [1.54, 1.807) is 5.56 Å². The van der Waals surface area contributed by atoms with Crippen molar-refractivity contribution in [1.29, 1.82) is 0 Å². The Kier molecular flexibility index (Phi) is 3.17. The van der Waals surface area contributed by atoms with E-state index in [2.05, 4.69) is 29.2 Å². The molecule has 0 spiro atoms. The topological polar surface area (TPSA) is 29.3 Å². The minimum Gasteiger partial charge on any atom is -0.327 e. The lowest BCUT2D eigenvalue weighted by molar-refractivity contribution is 0.201. The molecule has 0 aromatic heterocycles. The minimum absolute atomic E-state index is 0.385. The molecule has 0 radical (unpaired) electrons. The van der Waals surface area contributed by atoms with E-state index in [9.17, 15) is 0 Å². The molecule has 1 unspecified atom stereocenters. The lowest BCUT2D eigenvalue weighted by Crippen LogP contribution is -2.42. The molecule has 1 heterocycles. The zero-order chi connectivity index (χ0) is 11.7. The van der Waals surface area contributed by atoms with Crippen molar-refractivity contribution < 1.29 is 0 Å². The molecule has 1 atom stereocenters. The molecule has 2 N–H and O–H groups in total. The molecule has 1 aliphatic heterocycles. The molecule has 3 rings (SSSR count). The first kappa shape index (κ1) is 11.2. The maximum atomic E-state index is 6.03. The second-order valence-corrected chi connectivity index (χ2v) is 5.66. The highest BCUT2D eigenvalue weighted by atomic mass is 15.1. The summed E-state index contributed by atoms with van der Waals surface area (Å²) in [5.74, 6) is 0.860. The van der Waals surface area contributed by atoms with Crippen molar-refractivity contribution in [2.45, 2.75) is 44.2 Å². The van der Waals surface area contributed by atoms with Crippen molar-refractivity contribution >= 4 is 0 Å². The van der Waals surface area contributed by atoms with E-state index in [0.717, 1.165) is 19.0 Å². The van der Waals surface area contributed by atoms with Crippen molar-refractivity contribution in [3.05, 3.63) is 35.4 Å². The van der Waals surface area contributed by atoms with Gasteiger partial charge >= 0.3 is 0 Å². The Morgan fingerprint density at radius 2 is 2.12 bits per heavy atom. The van der Waals surface area contributed by atoms with Crippen LogP contribution >= 0.6 is 0 Å². The molecular formula is C15H22N2. The number of nitrogens with zero attached hydrogens (tertiary/aromatic N) is 1. The SMILES string of the molecule is NC1CCCN(Cc2cccc(C3CC3)c2)C1. The Morgan fingerprint density at radius 1 is 1.24 bits per heavy atom. The maximum absolute atomic E-state index is 6.03. The molecule has 1 aromatic rings. The van der Waals surface area contributed by atoms with Crippen LogP contribution in [0.15, 0.2) is 24.3 Å². The van der Waals surface area contributed by atoms with E-state index in [0.29, 0.717) is 6.04 Å². The van der Waals surface area contributed by atoms with E-state index in [4.69, 9.17) is 5.73 Å². The second-order valence-electron chi connectivity index (χ2n) is 5.66. The Labute approximate surface area is 104 Å². The largest absolute Gasteiger partial charge is 0.327 e. The highest BCUT2D eigenvalue weighted by Gasteiger charge is 2.23. The molecule has 2 aliphatic rings. The van der Waals surface area contributed by atoms with Crippen LogP contribution in [-0.2, 0) is 6.54 Å². The molecule has 1 saturated carbocycles. The van der Waals surface area contributed by atoms with Crippen molar-refractivity contribution in [2.24, 2.45) is 5.73 Å². The molecule has 1 saturated heterocycles. The van der Waals surface area contributed by atoms with E-state index in [1.165, 1.54) is 37.8 Å². The Morgan fingerprint density at radius 3 is 2.88 bits per heavy atom. The fraction of sp³-hybridized carbons (Fsp3) is 0.600. The molecule has 2 heteroatoms. The number of piperidine rings is 1. The van der Waals surface area contributed by atoms with Crippen LogP contribution in [0, 0.1) is 0 Å². The second kappa shape index (κ2) is 4.79. The zero-order valence-corrected chi connectivity index (χ0v) is 10.4. The normalized spacial score (nSPS) is 26.1. The maximum Gasteiger partial charge on any atom is 0.0234 e. The summed E-state index contributed by atoms with van der Waals surface area (Å²) in [6.07, 6.45) is 5.22. The monoisotopic (exact) mass is 230 g/mol. The van der Waals surface area contributed by atoms with Crippen LogP contribution in [0.2, 0.25) is 0 Å². The third-order valence-corrected chi connectivity index (χ3v) is 3.95. The Bertz CT molecular complexity index is 384. The summed E-state index contributed by atoms with van der Waals surface area (Å²) in [6, 6.07) is 9.54. The first-order valence-electron chi connectivity index (χ1n) is 6.88. The molecule has 92 valence electrons. The lowest BCUT2D eigenvalue weighted by atomic mass is 10.0. The molecule has 0 amide bonds. The summed E-state index contributed by atoms with van der Waals surface area (Å²) >= 11 is 0. The molecule has 0 bridgehead atoms. The van der Waals surface area contributed by atoms with E-state index in [-0.39, 0.29) is 0 Å². The number of benzene rings is 1. The smallest absolute Gasteiger partial charge is 0.0234 e. The third kappa shape index (κ3) is 2.88.